The average molecular weight is 260 g/mol. The van der Waals surface area contributed by atoms with Gasteiger partial charge in [-0.25, -0.2) is 0 Å². The van der Waals surface area contributed by atoms with E-state index in [4.69, 9.17) is 10.5 Å². The number of para-hydroxylation sites is 1. The molecule has 2 aliphatic heterocycles. The van der Waals surface area contributed by atoms with E-state index in [0.717, 1.165) is 18.9 Å². The number of nitrogens with zero attached hydrogens (tertiary/aromatic N) is 1. The molecule has 0 saturated carbocycles. The van der Waals surface area contributed by atoms with Crippen LogP contribution in [0.1, 0.15) is 37.8 Å². The molecule has 2 aliphatic rings. The topological polar surface area (TPSA) is 38.5 Å². The molecule has 19 heavy (non-hydrogen) atoms. The van der Waals surface area contributed by atoms with Crippen LogP contribution in [0.15, 0.2) is 24.3 Å². The summed E-state index contributed by atoms with van der Waals surface area (Å²) in [5.41, 5.74) is 7.34. The van der Waals surface area contributed by atoms with Crippen molar-refractivity contribution < 1.29 is 4.74 Å². The standard InChI is InChI=1S/C16H24N2O/c1-12-11-19-15-8-3-2-7-14(15)16(12)18-9-5-4-6-13(18)10-17/h2-3,7-8,12-13,16H,4-6,9-11,17H2,1H3. The Bertz CT molecular complexity index is 435. The third kappa shape index (κ3) is 2.37. The van der Waals surface area contributed by atoms with E-state index in [2.05, 4.69) is 36.1 Å². The van der Waals surface area contributed by atoms with Crippen molar-refractivity contribution in [2.24, 2.45) is 11.7 Å². The van der Waals surface area contributed by atoms with Gasteiger partial charge in [-0.2, -0.15) is 0 Å². The van der Waals surface area contributed by atoms with E-state index in [1.807, 2.05) is 0 Å². The number of hydrogen-bond donors (Lipinski definition) is 1. The molecule has 3 heteroatoms. The minimum atomic E-state index is 0.471. The Morgan fingerprint density at radius 2 is 2.16 bits per heavy atom. The lowest BCUT2D eigenvalue weighted by Gasteiger charge is -2.45. The Morgan fingerprint density at radius 3 is 3.00 bits per heavy atom. The molecule has 3 rings (SSSR count). The molecule has 3 nitrogen and oxygen atoms in total. The highest BCUT2D eigenvalue weighted by atomic mass is 16.5. The first-order valence-electron chi connectivity index (χ1n) is 7.49. The summed E-state index contributed by atoms with van der Waals surface area (Å²) in [6.07, 6.45) is 3.85. The Labute approximate surface area is 115 Å². The zero-order chi connectivity index (χ0) is 13.2. The smallest absolute Gasteiger partial charge is 0.124 e. The molecule has 1 fully saturated rings. The Kier molecular flexibility index (Phi) is 3.76. The summed E-state index contributed by atoms with van der Waals surface area (Å²) in [4.78, 5) is 2.63. The van der Waals surface area contributed by atoms with Gasteiger partial charge < -0.3 is 10.5 Å². The fourth-order valence-corrected chi connectivity index (χ4v) is 3.62. The van der Waals surface area contributed by atoms with Crippen LogP contribution in [0, 0.1) is 5.92 Å². The molecule has 0 aromatic heterocycles. The molecule has 3 atom stereocenters. The molecule has 1 aromatic rings. The lowest BCUT2D eigenvalue weighted by Crippen LogP contribution is -2.49. The van der Waals surface area contributed by atoms with Crippen molar-refractivity contribution in [3.8, 4) is 5.75 Å². The van der Waals surface area contributed by atoms with Gasteiger partial charge in [-0.1, -0.05) is 31.5 Å². The normalized spacial score (nSPS) is 31.6. The molecule has 0 spiro atoms. The molecule has 104 valence electrons. The van der Waals surface area contributed by atoms with Crippen LogP contribution in [-0.2, 0) is 0 Å². The van der Waals surface area contributed by atoms with Gasteiger partial charge in [-0.3, -0.25) is 4.90 Å². The fourth-order valence-electron chi connectivity index (χ4n) is 3.62. The summed E-state index contributed by atoms with van der Waals surface area (Å²) >= 11 is 0. The van der Waals surface area contributed by atoms with Crippen LogP contribution in [0.4, 0.5) is 0 Å². The van der Waals surface area contributed by atoms with Gasteiger partial charge in [-0.15, -0.1) is 0 Å². The number of ether oxygens (including phenoxy) is 1. The Balaban J connectivity index is 1.93. The molecule has 2 heterocycles. The number of hydrogen-bond acceptors (Lipinski definition) is 3. The van der Waals surface area contributed by atoms with Crippen LogP contribution in [-0.4, -0.2) is 30.6 Å². The third-order valence-electron chi connectivity index (χ3n) is 4.58. The number of rotatable bonds is 2. The van der Waals surface area contributed by atoms with Gasteiger partial charge in [-0.05, 0) is 25.5 Å². The van der Waals surface area contributed by atoms with Gasteiger partial charge >= 0.3 is 0 Å². The van der Waals surface area contributed by atoms with Crippen molar-refractivity contribution in [3.05, 3.63) is 29.8 Å². The van der Waals surface area contributed by atoms with Crippen molar-refractivity contribution >= 4 is 0 Å². The highest BCUT2D eigenvalue weighted by Crippen LogP contribution is 2.41. The van der Waals surface area contributed by atoms with E-state index in [1.54, 1.807) is 0 Å². The molecular weight excluding hydrogens is 236 g/mol. The second kappa shape index (κ2) is 5.51. The average Bonchev–Trinajstić information content (AvgIpc) is 2.47. The molecule has 0 amide bonds. The van der Waals surface area contributed by atoms with E-state index in [9.17, 15) is 0 Å². The van der Waals surface area contributed by atoms with Gasteiger partial charge in [0.25, 0.3) is 0 Å². The SMILES string of the molecule is CC1COc2ccccc2C1N1CCCCC1CN. The number of nitrogens with two attached hydrogens (primary N) is 1. The maximum Gasteiger partial charge on any atom is 0.124 e. The Morgan fingerprint density at radius 1 is 1.32 bits per heavy atom. The van der Waals surface area contributed by atoms with E-state index in [-0.39, 0.29) is 0 Å². The highest BCUT2D eigenvalue weighted by molar-refractivity contribution is 5.38. The van der Waals surface area contributed by atoms with Crippen LogP contribution in [0.5, 0.6) is 5.75 Å². The number of benzene rings is 1. The summed E-state index contributed by atoms with van der Waals surface area (Å²) in [6.45, 7) is 5.05. The van der Waals surface area contributed by atoms with Gasteiger partial charge in [0.15, 0.2) is 0 Å². The Hall–Kier alpha value is -1.06. The first-order valence-corrected chi connectivity index (χ1v) is 7.49. The molecule has 0 radical (unpaired) electrons. The minimum Gasteiger partial charge on any atom is -0.493 e. The molecular formula is C16H24N2O. The van der Waals surface area contributed by atoms with Crippen LogP contribution in [0.25, 0.3) is 0 Å². The number of piperidine rings is 1. The van der Waals surface area contributed by atoms with Crippen molar-refractivity contribution in [1.29, 1.82) is 0 Å². The van der Waals surface area contributed by atoms with Gasteiger partial charge in [0, 0.05) is 30.1 Å². The second-order valence-electron chi connectivity index (χ2n) is 5.89. The zero-order valence-electron chi connectivity index (χ0n) is 11.7. The van der Waals surface area contributed by atoms with E-state index in [1.165, 1.54) is 31.4 Å². The predicted molar refractivity (Wildman–Crippen MR) is 77.2 cm³/mol. The van der Waals surface area contributed by atoms with Gasteiger partial charge in [0.2, 0.25) is 0 Å². The molecule has 0 aliphatic carbocycles. The maximum absolute atomic E-state index is 5.99. The van der Waals surface area contributed by atoms with Crippen molar-refractivity contribution in [2.45, 2.75) is 38.3 Å². The molecule has 0 bridgehead atoms. The summed E-state index contributed by atoms with van der Waals surface area (Å²) in [7, 11) is 0. The highest BCUT2D eigenvalue weighted by Gasteiger charge is 2.36. The molecule has 1 saturated heterocycles. The summed E-state index contributed by atoms with van der Waals surface area (Å²) < 4.78 is 5.87. The largest absolute Gasteiger partial charge is 0.493 e. The van der Waals surface area contributed by atoms with Gasteiger partial charge in [0.1, 0.15) is 5.75 Å². The van der Waals surface area contributed by atoms with E-state index in [0.29, 0.717) is 18.0 Å². The van der Waals surface area contributed by atoms with E-state index >= 15 is 0 Å². The second-order valence-corrected chi connectivity index (χ2v) is 5.89. The first-order chi connectivity index (χ1) is 9.31. The van der Waals surface area contributed by atoms with Crippen molar-refractivity contribution in [3.63, 3.8) is 0 Å². The first kappa shape index (κ1) is 12.9. The lowest BCUT2D eigenvalue weighted by molar-refractivity contribution is 0.0372. The fraction of sp³-hybridized carbons (Fsp3) is 0.625. The van der Waals surface area contributed by atoms with Crippen LogP contribution in [0.2, 0.25) is 0 Å². The number of fused-ring (bicyclic) bond motifs is 1. The maximum atomic E-state index is 5.99. The van der Waals surface area contributed by atoms with Gasteiger partial charge in [0.05, 0.1) is 6.61 Å². The van der Waals surface area contributed by atoms with Crippen LogP contribution < -0.4 is 10.5 Å². The zero-order valence-corrected chi connectivity index (χ0v) is 11.7. The predicted octanol–water partition coefficient (Wildman–Crippen LogP) is 2.57. The van der Waals surface area contributed by atoms with E-state index < -0.39 is 0 Å². The number of likely N-dealkylation sites (tertiary alicyclic amines) is 1. The van der Waals surface area contributed by atoms with Crippen LogP contribution >= 0.6 is 0 Å². The quantitative estimate of drug-likeness (QED) is 0.888. The van der Waals surface area contributed by atoms with Crippen molar-refractivity contribution in [1.82, 2.24) is 4.90 Å². The minimum absolute atomic E-state index is 0.471. The van der Waals surface area contributed by atoms with Crippen molar-refractivity contribution in [2.75, 3.05) is 19.7 Å². The molecule has 3 unspecified atom stereocenters. The van der Waals surface area contributed by atoms with Crippen LogP contribution in [0.3, 0.4) is 0 Å². The summed E-state index contributed by atoms with van der Waals surface area (Å²) in [6, 6.07) is 9.50. The lowest BCUT2D eigenvalue weighted by atomic mass is 9.87. The monoisotopic (exact) mass is 260 g/mol. The molecule has 1 aromatic carbocycles. The summed E-state index contributed by atoms with van der Waals surface area (Å²) in [5, 5.41) is 0. The molecule has 2 N–H and O–H groups in total. The third-order valence-corrected chi connectivity index (χ3v) is 4.58. The summed E-state index contributed by atoms with van der Waals surface area (Å²) in [5.74, 6) is 1.59.